The Morgan fingerprint density at radius 1 is 1.21 bits per heavy atom. The van der Waals surface area contributed by atoms with E-state index in [1.165, 1.54) is 12.1 Å². The van der Waals surface area contributed by atoms with Crippen molar-refractivity contribution in [1.29, 1.82) is 0 Å². The molecule has 28 heavy (non-hydrogen) atoms. The highest BCUT2D eigenvalue weighted by atomic mass is 32.2. The van der Waals surface area contributed by atoms with Crippen molar-refractivity contribution in [3.63, 3.8) is 0 Å². The van der Waals surface area contributed by atoms with Crippen LogP contribution in [-0.2, 0) is 34.2 Å². The molecule has 0 radical (unpaired) electrons. The maximum absolute atomic E-state index is 12.4. The molecule has 156 valence electrons. The number of hydrogen-bond donors (Lipinski definition) is 2. The molecule has 1 aliphatic heterocycles. The lowest BCUT2D eigenvalue weighted by Crippen LogP contribution is -2.46. The summed E-state index contributed by atoms with van der Waals surface area (Å²) in [5.74, 6) is -2.08. The molecule has 0 spiro atoms. The standard InChI is InChI=1S/C17H24N2O7S2/c1-12(2)16(19-28(24,25)14-6-4-3-5-7-14)17(21)26-10-15(20)18-13-8-9-27(22,23)11-13/h3-7,12-13,16,19H,8-11H2,1-2H3,(H,18,20). The lowest BCUT2D eigenvalue weighted by atomic mass is 10.1. The highest BCUT2D eigenvalue weighted by molar-refractivity contribution is 7.91. The fourth-order valence-corrected chi connectivity index (χ4v) is 5.72. The number of nitrogens with one attached hydrogen (secondary N) is 2. The molecule has 0 saturated carbocycles. The predicted octanol–water partition coefficient (Wildman–Crippen LogP) is -0.164. The summed E-state index contributed by atoms with van der Waals surface area (Å²) in [5, 5.41) is 2.50. The van der Waals surface area contributed by atoms with Crippen LogP contribution in [0.1, 0.15) is 20.3 Å². The van der Waals surface area contributed by atoms with Gasteiger partial charge in [0.25, 0.3) is 5.91 Å². The molecule has 1 saturated heterocycles. The van der Waals surface area contributed by atoms with Gasteiger partial charge in [-0.1, -0.05) is 32.0 Å². The van der Waals surface area contributed by atoms with E-state index in [2.05, 4.69) is 10.0 Å². The second kappa shape index (κ2) is 9.01. The second-order valence-electron chi connectivity index (χ2n) is 6.93. The third-order valence-corrected chi connectivity index (χ3v) is 7.42. The quantitative estimate of drug-likeness (QED) is 0.545. The summed E-state index contributed by atoms with van der Waals surface area (Å²) >= 11 is 0. The van der Waals surface area contributed by atoms with Crippen LogP contribution >= 0.6 is 0 Å². The summed E-state index contributed by atoms with van der Waals surface area (Å²) in [7, 11) is -7.08. The lowest BCUT2D eigenvalue weighted by Gasteiger charge is -2.21. The smallest absolute Gasteiger partial charge is 0.324 e. The van der Waals surface area contributed by atoms with Gasteiger partial charge in [-0.2, -0.15) is 4.72 Å². The van der Waals surface area contributed by atoms with Crippen molar-refractivity contribution in [3.8, 4) is 0 Å². The van der Waals surface area contributed by atoms with Gasteiger partial charge in [0.1, 0.15) is 6.04 Å². The van der Waals surface area contributed by atoms with Gasteiger partial charge >= 0.3 is 5.97 Å². The predicted molar refractivity (Wildman–Crippen MR) is 102 cm³/mol. The van der Waals surface area contributed by atoms with Gasteiger partial charge < -0.3 is 10.1 Å². The van der Waals surface area contributed by atoms with Gasteiger partial charge in [0.05, 0.1) is 16.4 Å². The van der Waals surface area contributed by atoms with Crippen LogP contribution in [-0.4, -0.2) is 58.9 Å². The van der Waals surface area contributed by atoms with Crippen molar-refractivity contribution in [1.82, 2.24) is 10.0 Å². The van der Waals surface area contributed by atoms with Gasteiger partial charge in [0.2, 0.25) is 10.0 Å². The second-order valence-corrected chi connectivity index (χ2v) is 10.9. The molecule has 1 fully saturated rings. The minimum Gasteiger partial charge on any atom is -0.454 e. The Balaban J connectivity index is 1.93. The molecule has 2 rings (SSSR count). The molecule has 1 aromatic carbocycles. The first kappa shape index (κ1) is 22.3. The molecule has 2 atom stereocenters. The fourth-order valence-electron chi connectivity index (χ4n) is 2.70. The van der Waals surface area contributed by atoms with Crippen LogP contribution in [0.5, 0.6) is 0 Å². The van der Waals surface area contributed by atoms with Crippen LogP contribution in [0.25, 0.3) is 0 Å². The molecule has 11 heteroatoms. The van der Waals surface area contributed by atoms with E-state index in [4.69, 9.17) is 4.74 Å². The molecule has 2 unspecified atom stereocenters. The average molecular weight is 433 g/mol. The SMILES string of the molecule is CC(C)C(NS(=O)(=O)c1ccccc1)C(=O)OCC(=O)NC1CCS(=O)(=O)C1. The van der Waals surface area contributed by atoms with Crippen molar-refractivity contribution in [2.24, 2.45) is 5.92 Å². The number of rotatable bonds is 8. The van der Waals surface area contributed by atoms with Gasteiger partial charge in [0, 0.05) is 6.04 Å². The van der Waals surface area contributed by atoms with Crippen LogP contribution in [0.15, 0.2) is 35.2 Å². The zero-order chi connectivity index (χ0) is 20.9. The van der Waals surface area contributed by atoms with Gasteiger partial charge in [-0.05, 0) is 24.5 Å². The molecule has 1 amide bonds. The van der Waals surface area contributed by atoms with Crippen molar-refractivity contribution in [2.75, 3.05) is 18.1 Å². The fraction of sp³-hybridized carbons (Fsp3) is 0.529. The first-order valence-electron chi connectivity index (χ1n) is 8.74. The van der Waals surface area contributed by atoms with Gasteiger partial charge in [-0.25, -0.2) is 16.8 Å². The molecule has 1 heterocycles. The van der Waals surface area contributed by atoms with E-state index in [-0.39, 0.29) is 16.4 Å². The van der Waals surface area contributed by atoms with Crippen LogP contribution < -0.4 is 10.0 Å². The largest absolute Gasteiger partial charge is 0.454 e. The maximum Gasteiger partial charge on any atom is 0.324 e. The molecular formula is C17H24N2O7S2. The summed E-state index contributed by atoms with van der Waals surface area (Å²) in [6.07, 6.45) is 0.313. The van der Waals surface area contributed by atoms with E-state index >= 15 is 0 Å². The number of sulfonamides is 1. The zero-order valence-electron chi connectivity index (χ0n) is 15.6. The Labute approximate surface area is 164 Å². The van der Waals surface area contributed by atoms with Crippen molar-refractivity contribution < 1.29 is 31.2 Å². The molecule has 1 aliphatic rings. The number of hydrogen-bond acceptors (Lipinski definition) is 7. The third kappa shape index (κ3) is 6.28. The van der Waals surface area contributed by atoms with Gasteiger partial charge in [0.15, 0.2) is 16.4 Å². The van der Waals surface area contributed by atoms with Gasteiger partial charge in [-0.3, -0.25) is 9.59 Å². The molecule has 2 N–H and O–H groups in total. The molecule has 0 aliphatic carbocycles. The number of carbonyl (C=O) groups is 2. The van der Waals surface area contributed by atoms with E-state index in [9.17, 15) is 26.4 Å². The molecule has 1 aromatic rings. The van der Waals surface area contributed by atoms with Crippen LogP contribution in [0.2, 0.25) is 0 Å². The number of esters is 1. The first-order chi connectivity index (χ1) is 13.0. The van der Waals surface area contributed by atoms with Crippen LogP contribution in [0, 0.1) is 5.92 Å². The van der Waals surface area contributed by atoms with E-state index in [1.807, 2.05) is 0 Å². The summed E-state index contributed by atoms with van der Waals surface area (Å²) in [6, 6.07) is 5.90. The lowest BCUT2D eigenvalue weighted by molar-refractivity contribution is -0.151. The summed E-state index contributed by atoms with van der Waals surface area (Å²) in [6.45, 7) is 2.66. The topological polar surface area (TPSA) is 136 Å². The van der Waals surface area contributed by atoms with Crippen LogP contribution in [0.3, 0.4) is 0 Å². The maximum atomic E-state index is 12.4. The molecule has 9 nitrogen and oxygen atoms in total. The van der Waals surface area contributed by atoms with Crippen molar-refractivity contribution >= 4 is 31.7 Å². The van der Waals surface area contributed by atoms with E-state index in [0.29, 0.717) is 6.42 Å². The number of sulfone groups is 1. The van der Waals surface area contributed by atoms with E-state index in [0.717, 1.165) is 0 Å². The molecule has 0 bridgehead atoms. The average Bonchev–Trinajstić information content (AvgIpc) is 2.96. The normalized spacial score (nSPS) is 19.9. The minimum atomic E-state index is -3.94. The summed E-state index contributed by atoms with van der Waals surface area (Å²) in [5.41, 5.74) is 0. The first-order valence-corrected chi connectivity index (χ1v) is 12.0. The number of ether oxygens (including phenoxy) is 1. The highest BCUT2D eigenvalue weighted by Gasteiger charge is 2.31. The third-order valence-electron chi connectivity index (χ3n) is 4.20. The zero-order valence-corrected chi connectivity index (χ0v) is 17.3. The highest BCUT2D eigenvalue weighted by Crippen LogP contribution is 2.13. The van der Waals surface area contributed by atoms with E-state index in [1.54, 1.807) is 32.0 Å². The number of amides is 1. The number of benzene rings is 1. The summed E-state index contributed by atoms with van der Waals surface area (Å²) in [4.78, 5) is 24.2. The van der Waals surface area contributed by atoms with Gasteiger partial charge in [-0.15, -0.1) is 0 Å². The Morgan fingerprint density at radius 3 is 2.39 bits per heavy atom. The molecular weight excluding hydrogens is 408 g/mol. The Hall–Kier alpha value is -1.98. The molecule has 0 aromatic heterocycles. The van der Waals surface area contributed by atoms with E-state index < -0.39 is 56.3 Å². The monoisotopic (exact) mass is 432 g/mol. The minimum absolute atomic E-state index is 0.00800. The Morgan fingerprint density at radius 2 is 1.86 bits per heavy atom. The Kier molecular flexibility index (Phi) is 7.18. The summed E-state index contributed by atoms with van der Waals surface area (Å²) < 4.78 is 54.9. The van der Waals surface area contributed by atoms with Crippen molar-refractivity contribution in [3.05, 3.63) is 30.3 Å². The van der Waals surface area contributed by atoms with Crippen molar-refractivity contribution in [2.45, 2.75) is 37.2 Å². The van der Waals surface area contributed by atoms with Crippen LogP contribution in [0.4, 0.5) is 0 Å². The number of carbonyl (C=O) groups excluding carboxylic acids is 2. The Bertz CT molecular complexity index is 912.